The van der Waals surface area contributed by atoms with Crippen molar-refractivity contribution in [2.75, 3.05) is 19.0 Å². The van der Waals surface area contributed by atoms with E-state index in [4.69, 9.17) is 9.47 Å². The molecule has 0 saturated heterocycles. The van der Waals surface area contributed by atoms with Crippen LogP contribution in [-0.2, 0) is 19.6 Å². The fourth-order valence-electron chi connectivity index (χ4n) is 4.89. The fraction of sp³-hybridized carbons (Fsp3) is 0.229. The lowest BCUT2D eigenvalue weighted by Crippen LogP contribution is -2.36. The van der Waals surface area contributed by atoms with Crippen molar-refractivity contribution in [3.63, 3.8) is 0 Å². The summed E-state index contributed by atoms with van der Waals surface area (Å²) in [5, 5.41) is 4.28. The van der Waals surface area contributed by atoms with Crippen molar-refractivity contribution >= 4 is 22.6 Å². The minimum Gasteiger partial charge on any atom is -0.493 e. The van der Waals surface area contributed by atoms with E-state index in [2.05, 4.69) is 48.4 Å². The number of H-pyrrole nitrogens is 1. The molecule has 0 fully saturated rings. The number of hydrogen-bond donors (Lipinski definition) is 2. The normalized spacial score (nSPS) is 11.0. The van der Waals surface area contributed by atoms with Crippen molar-refractivity contribution in [2.24, 2.45) is 0 Å². The maximum absolute atomic E-state index is 13.6. The zero-order valence-electron chi connectivity index (χ0n) is 23.9. The van der Waals surface area contributed by atoms with E-state index in [1.54, 1.807) is 7.11 Å². The summed E-state index contributed by atoms with van der Waals surface area (Å²) in [6.45, 7) is 5.71. The Kier molecular flexibility index (Phi) is 8.89. The first kappa shape index (κ1) is 27.8. The molecular weight excluding hydrogens is 510 g/mol. The molecule has 2 amide bonds. The van der Waals surface area contributed by atoms with Crippen molar-refractivity contribution < 1.29 is 14.3 Å². The molecule has 5 aromatic rings. The summed E-state index contributed by atoms with van der Waals surface area (Å²) in [4.78, 5) is 18.8. The molecule has 2 N–H and O–H groups in total. The topological polar surface area (TPSA) is 66.6 Å². The van der Waals surface area contributed by atoms with Crippen LogP contribution in [0.2, 0.25) is 0 Å². The standard InChI is InChI=1S/C35H37N3O3/c1-25(2)28-14-16-30(17-15-28)37-35(39)38(20-19-29-22-36-32-12-8-7-11-31(29)32)23-27-13-18-33(40-3)34(21-27)41-24-26-9-5-4-6-10-26/h4-18,21-22,25,36H,19-20,23-24H2,1-3H3,(H,37,39). The minimum atomic E-state index is -0.148. The Morgan fingerprint density at radius 1 is 0.878 bits per heavy atom. The highest BCUT2D eigenvalue weighted by molar-refractivity contribution is 5.89. The first-order chi connectivity index (χ1) is 20.0. The van der Waals surface area contributed by atoms with Gasteiger partial charge in [-0.25, -0.2) is 4.79 Å². The van der Waals surface area contributed by atoms with Gasteiger partial charge < -0.3 is 24.7 Å². The second kappa shape index (κ2) is 13.1. The van der Waals surface area contributed by atoms with Crippen molar-refractivity contribution in [1.29, 1.82) is 0 Å². The number of aromatic nitrogens is 1. The highest BCUT2D eigenvalue weighted by Crippen LogP contribution is 2.30. The SMILES string of the molecule is COc1ccc(CN(CCc2c[nH]c3ccccc23)C(=O)Nc2ccc(C(C)C)cc2)cc1OCc1ccccc1. The first-order valence-electron chi connectivity index (χ1n) is 14.0. The summed E-state index contributed by atoms with van der Waals surface area (Å²) in [6, 6.07) is 32.0. The van der Waals surface area contributed by atoms with E-state index in [1.807, 2.05) is 83.9 Å². The van der Waals surface area contributed by atoms with Crippen molar-refractivity contribution in [1.82, 2.24) is 9.88 Å². The van der Waals surface area contributed by atoms with E-state index in [0.717, 1.165) is 28.8 Å². The third-order valence-corrected chi connectivity index (χ3v) is 7.28. The van der Waals surface area contributed by atoms with Crippen molar-refractivity contribution in [2.45, 2.75) is 39.3 Å². The van der Waals surface area contributed by atoms with Crippen molar-refractivity contribution in [3.05, 3.63) is 126 Å². The zero-order valence-corrected chi connectivity index (χ0v) is 23.9. The van der Waals surface area contributed by atoms with Gasteiger partial charge in [0.15, 0.2) is 11.5 Å². The molecule has 6 heteroatoms. The van der Waals surface area contributed by atoms with E-state index in [1.165, 1.54) is 16.5 Å². The Hall–Kier alpha value is -4.71. The number of rotatable bonds is 11. The molecule has 0 bridgehead atoms. The number of hydrogen-bond acceptors (Lipinski definition) is 3. The third kappa shape index (κ3) is 7.09. The van der Waals surface area contributed by atoms with Gasteiger partial charge in [-0.05, 0) is 64.9 Å². The lowest BCUT2D eigenvalue weighted by molar-refractivity contribution is 0.209. The third-order valence-electron chi connectivity index (χ3n) is 7.28. The number of methoxy groups -OCH3 is 1. The molecule has 210 valence electrons. The molecular formula is C35H37N3O3. The predicted octanol–water partition coefficient (Wildman–Crippen LogP) is 8.16. The van der Waals surface area contributed by atoms with E-state index >= 15 is 0 Å². The van der Waals surface area contributed by atoms with Crippen LogP contribution < -0.4 is 14.8 Å². The van der Waals surface area contributed by atoms with Crippen LogP contribution in [0.15, 0.2) is 103 Å². The van der Waals surface area contributed by atoms with Crippen LogP contribution in [0.4, 0.5) is 10.5 Å². The van der Waals surface area contributed by atoms with Gasteiger partial charge in [0.25, 0.3) is 0 Å². The molecule has 1 aromatic heterocycles. The molecule has 0 atom stereocenters. The minimum absolute atomic E-state index is 0.148. The number of anilines is 1. The summed E-state index contributed by atoms with van der Waals surface area (Å²) in [5.41, 5.74) is 6.32. The molecule has 4 aromatic carbocycles. The van der Waals surface area contributed by atoms with Crippen LogP contribution in [0.5, 0.6) is 11.5 Å². The number of benzene rings is 4. The quantitative estimate of drug-likeness (QED) is 0.175. The molecule has 5 rings (SSSR count). The molecule has 1 heterocycles. The average molecular weight is 548 g/mol. The zero-order chi connectivity index (χ0) is 28.6. The Morgan fingerprint density at radius 2 is 1.63 bits per heavy atom. The van der Waals surface area contributed by atoms with Crippen molar-refractivity contribution in [3.8, 4) is 11.5 Å². The summed E-state index contributed by atoms with van der Waals surface area (Å²) < 4.78 is 11.7. The van der Waals surface area contributed by atoms with Gasteiger partial charge in [0.1, 0.15) is 6.61 Å². The molecule has 0 aliphatic carbocycles. The molecule has 6 nitrogen and oxygen atoms in total. The van der Waals surface area contributed by atoms with Gasteiger partial charge in [-0.2, -0.15) is 0 Å². The number of urea groups is 1. The number of carbonyl (C=O) groups is 1. The van der Waals surface area contributed by atoms with Crippen LogP contribution in [0.25, 0.3) is 10.9 Å². The van der Waals surface area contributed by atoms with Gasteiger partial charge in [0.2, 0.25) is 0 Å². The Balaban J connectivity index is 1.35. The number of carbonyl (C=O) groups excluding carboxylic acids is 1. The number of nitrogens with one attached hydrogen (secondary N) is 2. The van der Waals surface area contributed by atoms with Crippen LogP contribution in [0, 0.1) is 0 Å². The van der Waals surface area contributed by atoms with Crippen LogP contribution in [-0.4, -0.2) is 29.6 Å². The summed E-state index contributed by atoms with van der Waals surface area (Å²) in [6.07, 6.45) is 2.76. The Bertz CT molecular complexity index is 1580. The lowest BCUT2D eigenvalue weighted by atomic mass is 10.0. The number of para-hydroxylation sites is 1. The fourth-order valence-corrected chi connectivity index (χ4v) is 4.89. The molecule has 0 spiro atoms. The van der Waals surface area contributed by atoms with Gasteiger partial charge in [-0.1, -0.05) is 80.6 Å². The number of ether oxygens (including phenoxy) is 2. The molecule has 0 saturated carbocycles. The predicted molar refractivity (Wildman–Crippen MR) is 166 cm³/mol. The Morgan fingerprint density at radius 3 is 2.39 bits per heavy atom. The molecule has 0 aliphatic rings. The Labute approximate surface area is 241 Å². The second-order valence-electron chi connectivity index (χ2n) is 10.5. The number of nitrogens with zero attached hydrogens (tertiary/aromatic N) is 1. The van der Waals surface area contributed by atoms with Gasteiger partial charge >= 0.3 is 6.03 Å². The lowest BCUT2D eigenvalue weighted by Gasteiger charge is -2.24. The van der Waals surface area contributed by atoms with E-state index < -0.39 is 0 Å². The van der Waals surface area contributed by atoms with Gasteiger partial charge in [-0.15, -0.1) is 0 Å². The highest BCUT2D eigenvalue weighted by atomic mass is 16.5. The maximum Gasteiger partial charge on any atom is 0.322 e. The monoisotopic (exact) mass is 547 g/mol. The summed E-state index contributed by atoms with van der Waals surface area (Å²) >= 11 is 0. The smallest absolute Gasteiger partial charge is 0.322 e. The molecule has 41 heavy (non-hydrogen) atoms. The van der Waals surface area contributed by atoms with E-state index in [9.17, 15) is 4.79 Å². The second-order valence-corrected chi connectivity index (χ2v) is 10.5. The number of aromatic amines is 1. The molecule has 0 unspecified atom stereocenters. The van der Waals surface area contributed by atoms with Gasteiger partial charge in [0.05, 0.1) is 7.11 Å². The highest BCUT2D eigenvalue weighted by Gasteiger charge is 2.17. The van der Waals surface area contributed by atoms with Gasteiger partial charge in [-0.3, -0.25) is 0 Å². The van der Waals surface area contributed by atoms with Gasteiger partial charge in [0, 0.05) is 35.9 Å². The van der Waals surface area contributed by atoms with Crippen LogP contribution in [0.1, 0.15) is 42.0 Å². The summed E-state index contributed by atoms with van der Waals surface area (Å²) in [7, 11) is 1.63. The van der Waals surface area contributed by atoms with E-state index in [0.29, 0.717) is 37.1 Å². The summed E-state index contributed by atoms with van der Waals surface area (Å²) in [5.74, 6) is 1.74. The maximum atomic E-state index is 13.6. The van der Waals surface area contributed by atoms with E-state index in [-0.39, 0.29) is 6.03 Å². The van der Waals surface area contributed by atoms with Crippen LogP contribution in [0.3, 0.4) is 0 Å². The molecule has 0 radical (unpaired) electrons. The molecule has 0 aliphatic heterocycles. The van der Waals surface area contributed by atoms with Crippen LogP contribution >= 0.6 is 0 Å². The average Bonchev–Trinajstić information content (AvgIpc) is 3.42. The first-order valence-corrected chi connectivity index (χ1v) is 14.0. The number of amides is 2. The number of fused-ring (bicyclic) bond motifs is 1. The largest absolute Gasteiger partial charge is 0.493 e.